The van der Waals surface area contributed by atoms with Crippen molar-refractivity contribution in [2.75, 3.05) is 12.3 Å². The number of carbonyl (C=O) groups is 1. The number of aromatic nitrogens is 4. The number of terminal acetylenes is 1. The number of nitrogen functional groups attached to an aromatic ring is 1. The van der Waals surface area contributed by atoms with Crippen molar-refractivity contribution in [2.45, 2.75) is 108 Å². The van der Waals surface area contributed by atoms with Crippen LogP contribution in [-0.4, -0.2) is 48.9 Å². The van der Waals surface area contributed by atoms with Crippen LogP contribution in [0.3, 0.4) is 0 Å². The van der Waals surface area contributed by atoms with Crippen molar-refractivity contribution in [1.82, 2.24) is 19.5 Å². The summed E-state index contributed by atoms with van der Waals surface area (Å²) in [4.78, 5) is 23.6. The lowest BCUT2D eigenvalue weighted by atomic mass is 9.99. The molecule has 2 aromatic rings. The van der Waals surface area contributed by atoms with Crippen LogP contribution in [-0.2, 0) is 14.3 Å². The van der Waals surface area contributed by atoms with E-state index in [1.165, 1.54) is 62.3 Å². The molecule has 0 saturated carbocycles. The Morgan fingerprint density at radius 1 is 1.22 bits per heavy atom. The van der Waals surface area contributed by atoms with Gasteiger partial charge >= 0.3 is 12.0 Å². The molecule has 3 heterocycles. The van der Waals surface area contributed by atoms with E-state index in [9.17, 15) is 14.3 Å². The SMILES string of the molecule is C#C[C@]1(COC(=O)CCCCCCCCCCCCC)O[C@@H](n2cnc3c(N)nc(F)nc32)C[C@@H]1O. The first kappa shape index (κ1) is 27.8. The zero-order valence-corrected chi connectivity index (χ0v) is 21.1. The summed E-state index contributed by atoms with van der Waals surface area (Å²) in [6.45, 7) is 1.95. The molecule has 0 spiro atoms. The van der Waals surface area contributed by atoms with Gasteiger partial charge in [0, 0.05) is 12.8 Å². The van der Waals surface area contributed by atoms with Crippen LogP contribution in [0.15, 0.2) is 6.33 Å². The fourth-order valence-electron chi connectivity index (χ4n) is 4.54. The summed E-state index contributed by atoms with van der Waals surface area (Å²) in [5, 5.41) is 10.7. The Balaban J connectivity index is 1.40. The maximum absolute atomic E-state index is 13.7. The van der Waals surface area contributed by atoms with Crippen molar-refractivity contribution in [3.8, 4) is 12.3 Å². The second-order valence-electron chi connectivity index (χ2n) is 9.51. The first-order valence-electron chi connectivity index (χ1n) is 13.0. The van der Waals surface area contributed by atoms with Gasteiger partial charge in [-0.25, -0.2) is 4.98 Å². The third kappa shape index (κ3) is 7.14. The van der Waals surface area contributed by atoms with Gasteiger partial charge in [0.1, 0.15) is 18.9 Å². The van der Waals surface area contributed by atoms with Gasteiger partial charge in [-0.3, -0.25) is 9.36 Å². The highest BCUT2D eigenvalue weighted by atomic mass is 19.1. The van der Waals surface area contributed by atoms with Gasteiger partial charge < -0.3 is 20.3 Å². The van der Waals surface area contributed by atoms with Crippen LogP contribution in [0.1, 0.15) is 96.6 Å². The number of hydrogen-bond acceptors (Lipinski definition) is 8. The number of aliphatic hydroxyl groups excluding tert-OH is 1. The summed E-state index contributed by atoms with van der Waals surface area (Å²) in [5.74, 6) is 1.96. The average Bonchev–Trinajstić information content (AvgIpc) is 3.42. The summed E-state index contributed by atoms with van der Waals surface area (Å²) in [7, 11) is 0. The molecule has 198 valence electrons. The van der Waals surface area contributed by atoms with Crippen LogP contribution in [0.5, 0.6) is 0 Å². The number of nitrogens with two attached hydrogens (primary N) is 1. The van der Waals surface area contributed by atoms with Gasteiger partial charge in [-0.1, -0.05) is 77.1 Å². The number of aliphatic hydroxyl groups is 1. The van der Waals surface area contributed by atoms with Gasteiger partial charge in [0.2, 0.25) is 0 Å². The number of anilines is 1. The summed E-state index contributed by atoms with van der Waals surface area (Å²) in [6.07, 6.45) is 17.7. The second-order valence-corrected chi connectivity index (χ2v) is 9.51. The molecular weight excluding hydrogens is 465 g/mol. The lowest BCUT2D eigenvalue weighted by Crippen LogP contribution is -2.43. The number of ether oxygens (including phenoxy) is 2. The predicted molar refractivity (Wildman–Crippen MR) is 134 cm³/mol. The lowest BCUT2D eigenvalue weighted by Gasteiger charge is -2.26. The van der Waals surface area contributed by atoms with Gasteiger partial charge in [0.25, 0.3) is 0 Å². The lowest BCUT2D eigenvalue weighted by molar-refractivity contribution is -0.156. The fraction of sp³-hybridized carbons (Fsp3) is 0.692. The van der Waals surface area contributed by atoms with Crippen molar-refractivity contribution >= 4 is 23.0 Å². The van der Waals surface area contributed by atoms with Crippen LogP contribution < -0.4 is 5.73 Å². The standard InChI is InChI=1S/C26H38FN5O4/c1-3-5-6-7-8-9-10-11-12-13-14-15-21(34)35-17-26(4-2)19(33)16-20(36-26)32-18-29-22-23(28)30-25(27)31-24(22)32/h2,18-20,33H,3,5-17H2,1H3,(H2,28,30,31)/t19-,20+,26+/m0/s1. The van der Waals surface area contributed by atoms with E-state index in [4.69, 9.17) is 21.6 Å². The largest absolute Gasteiger partial charge is 0.461 e. The maximum Gasteiger partial charge on any atom is 0.312 e. The van der Waals surface area contributed by atoms with E-state index in [1.807, 2.05) is 0 Å². The molecular formula is C26H38FN5O4. The van der Waals surface area contributed by atoms with Crippen LogP contribution in [0.25, 0.3) is 11.2 Å². The average molecular weight is 504 g/mol. The predicted octanol–water partition coefficient (Wildman–Crippen LogP) is 4.44. The smallest absolute Gasteiger partial charge is 0.312 e. The topological polar surface area (TPSA) is 125 Å². The van der Waals surface area contributed by atoms with Gasteiger partial charge in [-0.15, -0.1) is 6.42 Å². The highest BCUT2D eigenvalue weighted by Crippen LogP contribution is 2.38. The minimum Gasteiger partial charge on any atom is -0.461 e. The van der Waals surface area contributed by atoms with Crippen LogP contribution >= 0.6 is 0 Å². The Hall–Kier alpha value is -2.77. The molecule has 0 unspecified atom stereocenters. The zero-order chi connectivity index (χ0) is 26.0. The molecule has 2 aromatic heterocycles. The monoisotopic (exact) mass is 503 g/mol. The van der Waals surface area contributed by atoms with Gasteiger partial charge in [0.05, 0.1) is 6.33 Å². The van der Waals surface area contributed by atoms with E-state index in [1.54, 1.807) is 0 Å². The van der Waals surface area contributed by atoms with Gasteiger partial charge in [-0.2, -0.15) is 14.4 Å². The van der Waals surface area contributed by atoms with E-state index >= 15 is 0 Å². The molecule has 1 saturated heterocycles. The molecule has 3 rings (SSSR count). The molecule has 10 heteroatoms. The Morgan fingerprint density at radius 2 is 1.86 bits per heavy atom. The molecule has 3 atom stereocenters. The number of esters is 1. The zero-order valence-electron chi connectivity index (χ0n) is 21.1. The molecule has 0 aliphatic carbocycles. The summed E-state index contributed by atoms with van der Waals surface area (Å²) in [6, 6.07) is 0. The summed E-state index contributed by atoms with van der Waals surface area (Å²) >= 11 is 0. The first-order chi connectivity index (χ1) is 17.4. The van der Waals surface area contributed by atoms with Crippen molar-refractivity contribution in [3.63, 3.8) is 0 Å². The third-order valence-corrected chi connectivity index (χ3v) is 6.72. The van der Waals surface area contributed by atoms with Gasteiger partial charge in [0.15, 0.2) is 22.6 Å². The Kier molecular flexibility index (Phi) is 10.4. The second kappa shape index (κ2) is 13.5. The van der Waals surface area contributed by atoms with E-state index in [0.717, 1.165) is 19.3 Å². The molecule has 1 aliphatic heterocycles. The molecule has 9 nitrogen and oxygen atoms in total. The number of rotatable bonds is 15. The molecule has 1 fully saturated rings. The van der Waals surface area contributed by atoms with E-state index < -0.39 is 24.0 Å². The minimum atomic E-state index is -1.52. The highest BCUT2D eigenvalue weighted by molar-refractivity contribution is 5.81. The molecule has 36 heavy (non-hydrogen) atoms. The van der Waals surface area contributed by atoms with Crippen LogP contribution in [0.2, 0.25) is 0 Å². The van der Waals surface area contributed by atoms with E-state index in [0.29, 0.717) is 6.42 Å². The number of nitrogens with zero attached hydrogens (tertiary/aromatic N) is 4. The number of fused-ring (bicyclic) bond motifs is 1. The third-order valence-electron chi connectivity index (χ3n) is 6.72. The van der Waals surface area contributed by atoms with Crippen molar-refractivity contribution in [1.29, 1.82) is 0 Å². The molecule has 1 aliphatic rings. The maximum atomic E-state index is 13.7. The van der Waals surface area contributed by atoms with E-state index in [2.05, 4.69) is 27.8 Å². The fourth-order valence-corrected chi connectivity index (χ4v) is 4.54. The van der Waals surface area contributed by atoms with Crippen molar-refractivity contribution < 1.29 is 23.8 Å². The number of hydrogen-bond donors (Lipinski definition) is 2. The molecule has 0 bridgehead atoms. The number of carbonyl (C=O) groups excluding carboxylic acids is 1. The normalized spacial score (nSPS) is 21.6. The number of halogens is 1. The van der Waals surface area contributed by atoms with Crippen molar-refractivity contribution in [3.05, 3.63) is 12.4 Å². The van der Waals surface area contributed by atoms with Crippen molar-refractivity contribution in [2.24, 2.45) is 0 Å². The highest BCUT2D eigenvalue weighted by Gasteiger charge is 2.49. The van der Waals surface area contributed by atoms with Crippen LogP contribution in [0.4, 0.5) is 10.2 Å². The number of imidazole rings is 1. The molecule has 0 radical (unpaired) electrons. The molecule has 3 N–H and O–H groups in total. The molecule has 0 amide bonds. The molecule has 0 aromatic carbocycles. The Morgan fingerprint density at radius 3 is 2.50 bits per heavy atom. The van der Waals surface area contributed by atoms with Gasteiger partial charge in [-0.05, 0) is 6.42 Å². The quantitative estimate of drug-likeness (QED) is 0.158. The Bertz CT molecular complexity index is 1040. The van der Waals surface area contributed by atoms with Crippen LogP contribution in [0, 0.1) is 18.4 Å². The Labute approximate surface area is 212 Å². The minimum absolute atomic E-state index is 0.0807. The number of unbranched alkanes of at least 4 members (excludes halogenated alkanes) is 10. The van der Waals surface area contributed by atoms with E-state index in [-0.39, 0.29) is 36.0 Å². The first-order valence-corrected chi connectivity index (χ1v) is 13.0. The summed E-state index contributed by atoms with van der Waals surface area (Å²) < 4.78 is 26.4. The summed E-state index contributed by atoms with van der Waals surface area (Å²) in [5.41, 5.74) is 4.53.